The number of halogens is 3. The van der Waals surface area contributed by atoms with Gasteiger partial charge in [-0.2, -0.15) is 0 Å². The molecule has 110 valence electrons. The normalized spacial score (nSPS) is 22.9. The number of hydrogen-bond acceptors (Lipinski definition) is 2. The Hall–Kier alpha value is -1.56. The Balaban J connectivity index is 2.23. The number of ether oxygens (including phenoxy) is 1. The van der Waals surface area contributed by atoms with Crippen LogP contribution in [0.4, 0.5) is 13.2 Å². The monoisotopic (exact) mass is 287 g/mol. The maximum absolute atomic E-state index is 13.2. The van der Waals surface area contributed by atoms with Gasteiger partial charge in [0.2, 0.25) is 0 Å². The van der Waals surface area contributed by atoms with Crippen molar-refractivity contribution in [2.75, 3.05) is 20.2 Å². The van der Waals surface area contributed by atoms with Gasteiger partial charge in [0.05, 0.1) is 5.60 Å². The van der Waals surface area contributed by atoms with Gasteiger partial charge in [0.1, 0.15) is 0 Å². The van der Waals surface area contributed by atoms with Crippen molar-refractivity contribution in [3.8, 4) is 0 Å². The predicted molar refractivity (Wildman–Crippen MR) is 66.9 cm³/mol. The summed E-state index contributed by atoms with van der Waals surface area (Å²) in [4.78, 5) is 13.7. The van der Waals surface area contributed by atoms with Crippen molar-refractivity contribution < 1.29 is 22.7 Å². The van der Waals surface area contributed by atoms with E-state index in [1.165, 1.54) is 4.90 Å². The lowest BCUT2D eigenvalue weighted by atomic mass is 9.94. The molecule has 0 aliphatic carbocycles. The van der Waals surface area contributed by atoms with Crippen LogP contribution in [-0.4, -0.2) is 36.6 Å². The Morgan fingerprint density at radius 1 is 1.30 bits per heavy atom. The molecule has 20 heavy (non-hydrogen) atoms. The van der Waals surface area contributed by atoms with Crippen LogP contribution < -0.4 is 0 Å². The van der Waals surface area contributed by atoms with Crippen LogP contribution in [0.3, 0.4) is 0 Å². The molecule has 1 heterocycles. The van der Waals surface area contributed by atoms with Crippen LogP contribution in [0.25, 0.3) is 0 Å². The van der Waals surface area contributed by atoms with Crippen molar-refractivity contribution in [3.63, 3.8) is 0 Å². The van der Waals surface area contributed by atoms with Crippen LogP contribution in [-0.2, 0) is 4.74 Å². The van der Waals surface area contributed by atoms with E-state index in [4.69, 9.17) is 4.74 Å². The first-order valence-electron chi connectivity index (χ1n) is 6.35. The maximum Gasteiger partial charge on any atom is 0.254 e. The third-order valence-corrected chi connectivity index (χ3v) is 3.67. The maximum atomic E-state index is 13.2. The van der Waals surface area contributed by atoms with Crippen LogP contribution in [0.15, 0.2) is 12.1 Å². The number of nitrogens with zero attached hydrogens (tertiary/aromatic N) is 1. The highest BCUT2D eigenvalue weighted by Gasteiger charge is 2.33. The number of carbonyl (C=O) groups is 1. The molecule has 2 rings (SSSR count). The molecule has 1 aromatic carbocycles. The zero-order valence-electron chi connectivity index (χ0n) is 11.4. The van der Waals surface area contributed by atoms with Gasteiger partial charge >= 0.3 is 0 Å². The van der Waals surface area contributed by atoms with Crippen LogP contribution in [0.2, 0.25) is 0 Å². The molecule has 3 nitrogen and oxygen atoms in total. The molecule has 0 bridgehead atoms. The zero-order valence-corrected chi connectivity index (χ0v) is 11.4. The summed E-state index contributed by atoms with van der Waals surface area (Å²) in [5.41, 5.74) is -0.660. The number of amides is 1. The molecule has 1 amide bonds. The van der Waals surface area contributed by atoms with Gasteiger partial charge < -0.3 is 9.64 Å². The van der Waals surface area contributed by atoms with Gasteiger partial charge in [-0.3, -0.25) is 4.79 Å². The number of carbonyl (C=O) groups excluding carboxylic acids is 1. The lowest BCUT2D eigenvalue weighted by molar-refractivity contribution is -0.0440. The van der Waals surface area contributed by atoms with Crippen LogP contribution in [0, 0.1) is 17.5 Å². The molecule has 6 heteroatoms. The summed E-state index contributed by atoms with van der Waals surface area (Å²) in [7, 11) is 1.56. The van der Waals surface area contributed by atoms with E-state index in [-0.39, 0.29) is 5.56 Å². The molecule has 1 aliphatic heterocycles. The van der Waals surface area contributed by atoms with Gasteiger partial charge in [0.25, 0.3) is 5.91 Å². The Bertz CT molecular complexity index is 512. The third-order valence-electron chi connectivity index (χ3n) is 3.67. The molecule has 0 unspecified atom stereocenters. The third kappa shape index (κ3) is 2.80. The number of piperidine rings is 1. The second-order valence-electron chi connectivity index (χ2n) is 5.24. The lowest BCUT2D eigenvalue weighted by Crippen LogP contribution is -2.49. The first-order chi connectivity index (χ1) is 9.36. The summed E-state index contributed by atoms with van der Waals surface area (Å²) in [6, 6.07) is 1.44. The lowest BCUT2D eigenvalue weighted by Gasteiger charge is -2.39. The summed E-state index contributed by atoms with van der Waals surface area (Å²) in [6.07, 6.45) is 1.54. The molecule has 1 aliphatic rings. The van der Waals surface area contributed by atoms with E-state index < -0.39 is 29.0 Å². The van der Waals surface area contributed by atoms with Crippen LogP contribution >= 0.6 is 0 Å². The standard InChI is InChI=1S/C14H16F3NO2/c1-14(20-2)4-3-5-18(8-14)13(19)9-6-10(15)12(17)11(16)7-9/h6-7H,3-5,8H2,1-2H3/t14-/m0/s1. The van der Waals surface area contributed by atoms with E-state index in [9.17, 15) is 18.0 Å². The average molecular weight is 287 g/mol. The highest BCUT2D eigenvalue weighted by atomic mass is 19.2. The van der Waals surface area contributed by atoms with Gasteiger partial charge in [-0.25, -0.2) is 13.2 Å². The van der Waals surface area contributed by atoms with E-state index >= 15 is 0 Å². The molecule has 0 aromatic heterocycles. The van der Waals surface area contributed by atoms with Gasteiger partial charge in [-0.05, 0) is 31.9 Å². The van der Waals surface area contributed by atoms with Crippen molar-refractivity contribution >= 4 is 5.91 Å². The van der Waals surface area contributed by atoms with E-state index in [0.29, 0.717) is 13.1 Å². The van der Waals surface area contributed by atoms with Crippen LogP contribution in [0.5, 0.6) is 0 Å². The number of rotatable bonds is 2. The fraction of sp³-hybridized carbons (Fsp3) is 0.500. The molecule has 0 N–H and O–H groups in total. The van der Waals surface area contributed by atoms with Gasteiger partial charge in [-0.15, -0.1) is 0 Å². The minimum absolute atomic E-state index is 0.193. The smallest absolute Gasteiger partial charge is 0.254 e. The molecule has 1 aromatic rings. The van der Waals surface area contributed by atoms with Crippen molar-refractivity contribution in [2.45, 2.75) is 25.4 Å². The first kappa shape index (κ1) is 14.8. The number of benzene rings is 1. The van der Waals surface area contributed by atoms with E-state index in [1.807, 2.05) is 6.92 Å². The zero-order chi connectivity index (χ0) is 14.9. The Morgan fingerprint density at radius 3 is 2.45 bits per heavy atom. The molecule has 1 saturated heterocycles. The topological polar surface area (TPSA) is 29.5 Å². The van der Waals surface area contributed by atoms with Crippen LogP contribution in [0.1, 0.15) is 30.1 Å². The highest BCUT2D eigenvalue weighted by Crippen LogP contribution is 2.25. The van der Waals surface area contributed by atoms with Gasteiger partial charge in [0.15, 0.2) is 17.5 Å². The number of hydrogen-bond donors (Lipinski definition) is 0. The second kappa shape index (κ2) is 5.44. The Kier molecular flexibility index (Phi) is 4.04. The minimum atomic E-state index is -1.57. The summed E-state index contributed by atoms with van der Waals surface area (Å²) >= 11 is 0. The number of methoxy groups -OCH3 is 1. The van der Waals surface area contributed by atoms with Gasteiger partial charge in [-0.1, -0.05) is 0 Å². The molecule has 0 saturated carbocycles. The molecule has 1 fully saturated rings. The molecular formula is C14H16F3NO2. The summed E-state index contributed by atoms with van der Waals surface area (Å²) in [5, 5.41) is 0. The second-order valence-corrected chi connectivity index (χ2v) is 5.24. The van der Waals surface area contributed by atoms with E-state index in [1.54, 1.807) is 7.11 Å². The fourth-order valence-corrected chi connectivity index (χ4v) is 2.41. The van der Waals surface area contributed by atoms with E-state index in [0.717, 1.165) is 25.0 Å². The molecule has 0 radical (unpaired) electrons. The average Bonchev–Trinajstić information content (AvgIpc) is 2.43. The molecular weight excluding hydrogens is 271 g/mol. The summed E-state index contributed by atoms with van der Waals surface area (Å²) < 4.78 is 44.6. The van der Waals surface area contributed by atoms with Crippen molar-refractivity contribution in [1.82, 2.24) is 4.90 Å². The Labute approximate surface area is 115 Å². The quantitative estimate of drug-likeness (QED) is 0.783. The van der Waals surface area contributed by atoms with Gasteiger partial charge in [0, 0.05) is 25.8 Å². The Morgan fingerprint density at radius 2 is 1.90 bits per heavy atom. The summed E-state index contributed by atoms with van der Waals surface area (Å²) in [5.74, 6) is -4.81. The molecule has 0 spiro atoms. The predicted octanol–water partition coefficient (Wildman–Crippen LogP) is 2.75. The highest BCUT2D eigenvalue weighted by molar-refractivity contribution is 5.94. The van der Waals surface area contributed by atoms with Crippen molar-refractivity contribution in [1.29, 1.82) is 0 Å². The minimum Gasteiger partial charge on any atom is -0.377 e. The van der Waals surface area contributed by atoms with Crippen molar-refractivity contribution in [3.05, 3.63) is 35.1 Å². The van der Waals surface area contributed by atoms with E-state index in [2.05, 4.69) is 0 Å². The SMILES string of the molecule is CO[C@@]1(C)CCCN(C(=O)c2cc(F)c(F)c(F)c2)C1. The first-order valence-corrected chi connectivity index (χ1v) is 6.35. The number of likely N-dealkylation sites (tertiary alicyclic amines) is 1. The molecule has 1 atom stereocenters. The summed E-state index contributed by atoms with van der Waals surface area (Å²) in [6.45, 7) is 2.69. The van der Waals surface area contributed by atoms with Crippen molar-refractivity contribution in [2.24, 2.45) is 0 Å². The largest absolute Gasteiger partial charge is 0.377 e. The fourth-order valence-electron chi connectivity index (χ4n) is 2.41.